The zero-order chi connectivity index (χ0) is 24.4. The van der Waals surface area contributed by atoms with Crippen LogP contribution in [0.15, 0.2) is 89.8 Å². The van der Waals surface area contributed by atoms with Crippen LogP contribution in [-0.4, -0.2) is 28.0 Å². The molecule has 4 aromatic carbocycles. The molecule has 0 saturated heterocycles. The van der Waals surface area contributed by atoms with E-state index in [1.165, 1.54) is 29.6 Å². The summed E-state index contributed by atoms with van der Waals surface area (Å²) in [7, 11) is -2.56. The van der Waals surface area contributed by atoms with Crippen LogP contribution in [-0.2, 0) is 27.8 Å². The molecule has 5 rings (SSSR count). The number of ether oxygens (including phenoxy) is 2. The van der Waals surface area contributed by atoms with Gasteiger partial charge in [-0.25, -0.2) is 13.2 Å². The summed E-state index contributed by atoms with van der Waals surface area (Å²) in [5, 5.41) is 2.06. The number of sulfonamides is 1. The topological polar surface area (TPSA) is 72.9 Å². The van der Waals surface area contributed by atoms with Crippen molar-refractivity contribution in [2.24, 2.45) is 0 Å². The lowest BCUT2D eigenvalue weighted by Crippen LogP contribution is -2.35. The number of methoxy groups -OCH3 is 1. The monoisotopic (exact) mass is 487 g/mol. The Labute approximate surface area is 204 Å². The first kappa shape index (κ1) is 22.9. The number of aryl methyl sites for hydroxylation is 1. The van der Waals surface area contributed by atoms with Gasteiger partial charge in [0.1, 0.15) is 17.3 Å². The molecule has 178 valence electrons. The average Bonchev–Trinajstić information content (AvgIpc) is 2.91. The molecule has 0 amide bonds. The number of fused-ring (bicyclic) bond motifs is 2. The fourth-order valence-electron chi connectivity index (χ4n) is 4.52. The summed E-state index contributed by atoms with van der Waals surface area (Å²) in [5.74, 6) is -0.422. The number of anilines is 1. The first-order valence-corrected chi connectivity index (χ1v) is 12.9. The predicted molar refractivity (Wildman–Crippen MR) is 135 cm³/mol. The highest BCUT2D eigenvalue weighted by molar-refractivity contribution is 7.93. The third-order valence-electron chi connectivity index (χ3n) is 6.27. The van der Waals surface area contributed by atoms with Crippen molar-refractivity contribution in [1.82, 2.24) is 0 Å². The van der Waals surface area contributed by atoms with Crippen LogP contribution in [0.25, 0.3) is 10.8 Å². The van der Waals surface area contributed by atoms with Gasteiger partial charge in [-0.3, -0.25) is 4.31 Å². The van der Waals surface area contributed by atoms with Crippen LogP contribution in [0.3, 0.4) is 0 Å². The second-order valence-electron chi connectivity index (χ2n) is 8.39. The highest BCUT2D eigenvalue weighted by Gasteiger charge is 2.32. The minimum atomic E-state index is -3.97. The van der Waals surface area contributed by atoms with Crippen LogP contribution in [0.1, 0.15) is 27.9 Å². The number of hydrogen-bond donors (Lipinski definition) is 0. The lowest BCUT2D eigenvalue weighted by Gasteiger charge is -2.31. The lowest BCUT2D eigenvalue weighted by atomic mass is 10.0. The van der Waals surface area contributed by atoms with Crippen molar-refractivity contribution in [2.75, 3.05) is 18.0 Å². The second-order valence-corrected chi connectivity index (χ2v) is 10.2. The third kappa shape index (κ3) is 4.35. The predicted octanol–water partition coefficient (Wildman–Crippen LogP) is 5.35. The summed E-state index contributed by atoms with van der Waals surface area (Å²) in [6, 6.07) is 25.5. The standard InChI is InChI=1S/C28H25NO5S/c1-33-26-16-15-22(28(30)34-19-23-11-6-10-20-8-2-4-13-24(20)23)18-27(26)35(31,32)29-17-7-12-21-9-3-5-14-25(21)29/h2-6,8-11,13-16,18H,7,12,17,19H2,1H3. The van der Waals surface area contributed by atoms with Gasteiger partial charge >= 0.3 is 5.97 Å². The van der Waals surface area contributed by atoms with E-state index in [9.17, 15) is 13.2 Å². The van der Waals surface area contributed by atoms with Crippen molar-refractivity contribution in [1.29, 1.82) is 0 Å². The molecule has 6 nitrogen and oxygen atoms in total. The van der Waals surface area contributed by atoms with E-state index in [2.05, 4.69) is 0 Å². The van der Waals surface area contributed by atoms with E-state index in [4.69, 9.17) is 9.47 Å². The Morgan fingerprint density at radius 3 is 2.57 bits per heavy atom. The molecule has 0 unspecified atom stereocenters. The number of nitrogens with zero attached hydrogens (tertiary/aromatic N) is 1. The highest BCUT2D eigenvalue weighted by atomic mass is 32.2. The van der Waals surface area contributed by atoms with Crippen molar-refractivity contribution in [3.63, 3.8) is 0 Å². The summed E-state index contributed by atoms with van der Waals surface area (Å²) < 4.78 is 39.8. The number of para-hydroxylation sites is 1. The van der Waals surface area contributed by atoms with E-state index in [-0.39, 0.29) is 22.8 Å². The van der Waals surface area contributed by atoms with Gasteiger partial charge < -0.3 is 9.47 Å². The van der Waals surface area contributed by atoms with Gasteiger partial charge in [0.25, 0.3) is 10.0 Å². The van der Waals surface area contributed by atoms with Crippen molar-refractivity contribution < 1.29 is 22.7 Å². The Morgan fingerprint density at radius 2 is 1.71 bits per heavy atom. The van der Waals surface area contributed by atoms with Crippen LogP contribution in [0, 0.1) is 0 Å². The van der Waals surface area contributed by atoms with Crippen LogP contribution in [0.5, 0.6) is 5.75 Å². The van der Waals surface area contributed by atoms with E-state index < -0.39 is 16.0 Å². The second kappa shape index (κ2) is 9.43. The van der Waals surface area contributed by atoms with Crippen molar-refractivity contribution in [3.05, 3.63) is 102 Å². The Hall–Kier alpha value is -3.84. The quantitative estimate of drug-likeness (QED) is 0.343. The van der Waals surface area contributed by atoms with Crippen LogP contribution < -0.4 is 9.04 Å². The number of rotatable bonds is 6. The maximum Gasteiger partial charge on any atom is 0.338 e. The van der Waals surface area contributed by atoms with Gasteiger partial charge in [0.2, 0.25) is 0 Å². The Balaban J connectivity index is 1.44. The SMILES string of the molecule is COc1ccc(C(=O)OCc2cccc3ccccc23)cc1S(=O)(=O)N1CCCc2ccccc21. The first-order chi connectivity index (χ1) is 17.0. The molecular formula is C28H25NO5S. The number of esters is 1. The maximum absolute atomic E-state index is 13.7. The molecule has 0 radical (unpaired) electrons. The Bertz CT molecular complexity index is 1510. The van der Waals surface area contributed by atoms with Gasteiger partial charge in [-0.1, -0.05) is 60.7 Å². The molecule has 0 bridgehead atoms. The summed E-state index contributed by atoms with van der Waals surface area (Å²) in [6.45, 7) is 0.437. The Morgan fingerprint density at radius 1 is 0.943 bits per heavy atom. The van der Waals surface area contributed by atoms with Gasteiger partial charge in [-0.05, 0) is 59.0 Å². The van der Waals surface area contributed by atoms with Crippen molar-refractivity contribution in [2.45, 2.75) is 24.3 Å². The Kier molecular flexibility index (Phi) is 6.17. The summed E-state index contributed by atoms with van der Waals surface area (Å²) in [6.07, 6.45) is 1.53. The zero-order valence-corrected chi connectivity index (χ0v) is 20.1. The molecule has 4 aromatic rings. The maximum atomic E-state index is 13.7. The van der Waals surface area contributed by atoms with Crippen LogP contribution >= 0.6 is 0 Å². The molecule has 0 N–H and O–H groups in total. The fraction of sp³-hybridized carbons (Fsp3) is 0.179. The molecule has 0 spiro atoms. The summed E-state index contributed by atoms with van der Waals surface area (Å²) in [5.41, 5.74) is 2.66. The van der Waals surface area contributed by atoms with Gasteiger partial charge in [0.05, 0.1) is 18.4 Å². The van der Waals surface area contributed by atoms with Gasteiger partial charge in [0.15, 0.2) is 0 Å². The molecule has 0 saturated carbocycles. The molecule has 0 fully saturated rings. The number of carbonyl (C=O) groups is 1. The number of hydrogen-bond acceptors (Lipinski definition) is 5. The smallest absolute Gasteiger partial charge is 0.338 e. The van der Waals surface area contributed by atoms with Crippen molar-refractivity contribution >= 4 is 32.5 Å². The highest BCUT2D eigenvalue weighted by Crippen LogP contribution is 2.35. The van der Waals surface area contributed by atoms with E-state index in [0.29, 0.717) is 18.7 Å². The molecule has 35 heavy (non-hydrogen) atoms. The minimum absolute atomic E-state index is 0.0590. The number of benzene rings is 4. The van der Waals surface area contributed by atoms with E-state index in [0.717, 1.165) is 28.3 Å². The minimum Gasteiger partial charge on any atom is -0.495 e. The van der Waals surface area contributed by atoms with E-state index in [1.807, 2.05) is 60.7 Å². The molecule has 7 heteroatoms. The average molecular weight is 488 g/mol. The zero-order valence-electron chi connectivity index (χ0n) is 19.3. The summed E-state index contributed by atoms with van der Waals surface area (Å²) >= 11 is 0. The van der Waals surface area contributed by atoms with Gasteiger partial charge in [0, 0.05) is 6.54 Å². The van der Waals surface area contributed by atoms with Crippen LogP contribution in [0.4, 0.5) is 5.69 Å². The van der Waals surface area contributed by atoms with Crippen LogP contribution in [0.2, 0.25) is 0 Å². The van der Waals surface area contributed by atoms with Gasteiger partial charge in [-0.2, -0.15) is 0 Å². The molecule has 0 atom stereocenters. The normalized spacial score (nSPS) is 13.3. The molecule has 1 heterocycles. The van der Waals surface area contributed by atoms with Gasteiger partial charge in [-0.15, -0.1) is 0 Å². The largest absolute Gasteiger partial charge is 0.495 e. The van der Waals surface area contributed by atoms with E-state index in [1.54, 1.807) is 6.07 Å². The lowest BCUT2D eigenvalue weighted by molar-refractivity contribution is 0.0474. The molecule has 1 aliphatic rings. The molecule has 1 aliphatic heterocycles. The third-order valence-corrected chi connectivity index (χ3v) is 8.11. The van der Waals surface area contributed by atoms with Crippen molar-refractivity contribution in [3.8, 4) is 5.75 Å². The summed E-state index contributed by atoms with van der Waals surface area (Å²) in [4.78, 5) is 12.9. The molecular weight excluding hydrogens is 462 g/mol. The number of carbonyl (C=O) groups excluding carboxylic acids is 1. The molecule has 0 aliphatic carbocycles. The molecule has 0 aromatic heterocycles. The first-order valence-electron chi connectivity index (χ1n) is 11.4. The van der Waals surface area contributed by atoms with E-state index >= 15 is 0 Å². The fourth-order valence-corrected chi connectivity index (χ4v) is 6.24.